The van der Waals surface area contributed by atoms with Crippen LogP contribution in [0.15, 0.2) is 12.4 Å². The normalized spacial score (nSPS) is 20.9. The molecule has 1 unspecified atom stereocenters. The first-order valence-corrected chi connectivity index (χ1v) is 7.10. The number of hydrogen-bond donors (Lipinski definition) is 1. The average Bonchev–Trinajstić information content (AvgIpc) is 2.74. The van der Waals surface area contributed by atoms with E-state index in [0.29, 0.717) is 11.6 Å². The molecular weight excluding hydrogens is 256 g/mol. The van der Waals surface area contributed by atoms with Gasteiger partial charge in [0.1, 0.15) is 0 Å². The molecule has 0 amide bonds. The molecule has 1 aliphatic heterocycles. The maximum absolute atomic E-state index is 11.9. The lowest BCUT2D eigenvalue weighted by Crippen LogP contribution is -2.41. The lowest BCUT2D eigenvalue weighted by atomic mass is 9.97. The van der Waals surface area contributed by atoms with E-state index < -0.39 is 5.41 Å². The van der Waals surface area contributed by atoms with Crippen LogP contribution in [-0.2, 0) is 16.2 Å². The number of nitrogens with two attached hydrogens (primary N) is 1. The molecule has 2 N–H and O–H groups in total. The van der Waals surface area contributed by atoms with Crippen LogP contribution >= 0.6 is 0 Å². The molecule has 0 aromatic carbocycles. The topological polar surface area (TPSA) is 73.4 Å². The summed E-state index contributed by atoms with van der Waals surface area (Å²) in [7, 11) is 0. The summed E-state index contributed by atoms with van der Waals surface area (Å²) in [5.74, 6) is 0.248. The number of rotatable bonds is 3. The van der Waals surface area contributed by atoms with Gasteiger partial charge >= 0.3 is 5.97 Å². The monoisotopic (exact) mass is 280 g/mol. The first-order valence-electron chi connectivity index (χ1n) is 7.10. The van der Waals surface area contributed by atoms with Crippen molar-refractivity contribution in [1.82, 2.24) is 14.8 Å². The fourth-order valence-corrected chi connectivity index (χ4v) is 2.26. The highest BCUT2D eigenvalue weighted by Crippen LogP contribution is 2.22. The van der Waals surface area contributed by atoms with E-state index in [4.69, 9.17) is 10.6 Å². The molecule has 0 spiro atoms. The SMILES string of the molecule is CC(C)(C)C(=O)ON1CCCC(Cn2cc(N)cn2)C1. The first-order chi connectivity index (χ1) is 9.34. The highest BCUT2D eigenvalue weighted by molar-refractivity contribution is 5.75. The first kappa shape index (κ1) is 14.8. The summed E-state index contributed by atoms with van der Waals surface area (Å²) in [4.78, 5) is 17.4. The Kier molecular flexibility index (Phi) is 4.32. The summed E-state index contributed by atoms with van der Waals surface area (Å²) in [5.41, 5.74) is 5.87. The molecule has 1 fully saturated rings. The van der Waals surface area contributed by atoms with Gasteiger partial charge in [-0.25, -0.2) is 4.79 Å². The lowest BCUT2D eigenvalue weighted by molar-refractivity contribution is -0.208. The quantitative estimate of drug-likeness (QED) is 0.912. The van der Waals surface area contributed by atoms with Crippen LogP contribution in [0.2, 0.25) is 0 Å². The van der Waals surface area contributed by atoms with Gasteiger partial charge < -0.3 is 10.6 Å². The molecule has 112 valence electrons. The molecule has 1 aliphatic rings. The third-order valence-electron chi connectivity index (χ3n) is 3.40. The van der Waals surface area contributed by atoms with Crippen LogP contribution < -0.4 is 5.73 Å². The minimum absolute atomic E-state index is 0.179. The molecule has 0 radical (unpaired) electrons. The van der Waals surface area contributed by atoms with Gasteiger partial charge in [-0.2, -0.15) is 5.10 Å². The summed E-state index contributed by atoms with van der Waals surface area (Å²) < 4.78 is 1.86. The van der Waals surface area contributed by atoms with Crippen LogP contribution in [0.1, 0.15) is 33.6 Å². The zero-order valence-electron chi connectivity index (χ0n) is 12.5. The van der Waals surface area contributed by atoms with E-state index in [0.717, 1.165) is 32.5 Å². The predicted molar refractivity (Wildman–Crippen MR) is 76.5 cm³/mol. The van der Waals surface area contributed by atoms with Gasteiger partial charge in [0.15, 0.2) is 0 Å². The van der Waals surface area contributed by atoms with Crippen molar-refractivity contribution in [3.8, 4) is 0 Å². The van der Waals surface area contributed by atoms with Gasteiger partial charge in [-0.05, 0) is 39.5 Å². The Balaban J connectivity index is 1.87. The van der Waals surface area contributed by atoms with Crippen LogP contribution in [0.4, 0.5) is 5.69 Å². The number of hydroxylamine groups is 2. The Labute approximate surface area is 119 Å². The number of carbonyl (C=O) groups excluding carboxylic acids is 1. The van der Waals surface area contributed by atoms with Gasteiger partial charge in [-0.3, -0.25) is 4.68 Å². The zero-order valence-corrected chi connectivity index (χ0v) is 12.5. The Morgan fingerprint density at radius 3 is 2.90 bits per heavy atom. The van der Waals surface area contributed by atoms with Crippen LogP contribution in [-0.4, -0.2) is 33.9 Å². The molecule has 1 aromatic heterocycles. The molecule has 20 heavy (non-hydrogen) atoms. The van der Waals surface area contributed by atoms with E-state index in [-0.39, 0.29) is 5.97 Å². The van der Waals surface area contributed by atoms with E-state index in [1.165, 1.54) is 0 Å². The van der Waals surface area contributed by atoms with Gasteiger partial charge in [0, 0.05) is 25.8 Å². The molecule has 1 atom stereocenters. The number of aromatic nitrogens is 2. The standard InChI is InChI=1S/C14H24N4O2/c1-14(2,3)13(19)20-18-6-4-5-11(9-18)8-17-10-12(15)7-16-17/h7,10-11H,4-6,8-9,15H2,1-3H3. The van der Waals surface area contributed by atoms with Crippen molar-refractivity contribution in [2.75, 3.05) is 18.8 Å². The largest absolute Gasteiger partial charge is 0.396 e. The molecule has 1 saturated heterocycles. The molecule has 6 nitrogen and oxygen atoms in total. The molecule has 1 aromatic rings. The maximum atomic E-state index is 11.9. The van der Waals surface area contributed by atoms with Crippen molar-refractivity contribution < 1.29 is 9.63 Å². The van der Waals surface area contributed by atoms with Crippen LogP contribution in [0.25, 0.3) is 0 Å². The zero-order chi connectivity index (χ0) is 14.8. The summed E-state index contributed by atoms with van der Waals surface area (Å²) >= 11 is 0. The van der Waals surface area contributed by atoms with E-state index in [9.17, 15) is 4.79 Å². The van der Waals surface area contributed by atoms with Gasteiger partial charge in [0.05, 0.1) is 17.3 Å². The number of piperidine rings is 1. The molecule has 2 heterocycles. The number of nitrogens with zero attached hydrogens (tertiary/aromatic N) is 3. The van der Waals surface area contributed by atoms with E-state index in [1.807, 2.05) is 31.6 Å². The Bertz CT molecular complexity index is 464. The maximum Gasteiger partial charge on any atom is 0.330 e. The smallest absolute Gasteiger partial charge is 0.330 e. The molecule has 0 saturated carbocycles. The average molecular weight is 280 g/mol. The van der Waals surface area contributed by atoms with Crippen molar-refractivity contribution in [2.45, 2.75) is 40.2 Å². The third kappa shape index (κ3) is 3.96. The summed E-state index contributed by atoms with van der Waals surface area (Å²) in [5, 5.41) is 5.99. The molecule has 2 rings (SSSR count). The van der Waals surface area contributed by atoms with Crippen molar-refractivity contribution in [1.29, 1.82) is 0 Å². The molecular formula is C14H24N4O2. The molecule has 6 heteroatoms. The second kappa shape index (κ2) is 5.83. The number of anilines is 1. The van der Waals surface area contributed by atoms with Crippen LogP contribution in [0.5, 0.6) is 0 Å². The van der Waals surface area contributed by atoms with Crippen LogP contribution in [0.3, 0.4) is 0 Å². The predicted octanol–water partition coefficient (Wildman–Crippen LogP) is 1.68. The number of carbonyl (C=O) groups is 1. The van der Waals surface area contributed by atoms with Crippen molar-refractivity contribution >= 4 is 11.7 Å². The second-order valence-corrected chi connectivity index (χ2v) is 6.52. The number of nitrogen functional groups attached to an aromatic ring is 1. The van der Waals surface area contributed by atoms with Crippen LogP contribution in [0, 0.1) is 11.3 Å². The van der Waals surface area contributed by atoms with Crippen molar-refractivity contribution in [2.24, 2.45) is 11.3 Å². The van der Waals surface area contributed by atoms with Gasteiger partial charge in [0.25, 0.3) is 0 Å². The Morgan fingerprint density at radius 1 is 1.55 bits per heavy atom. The highest BCUT2D eigenvalue weighted by atomic mass is 16.7. The van der Waals surface area contributed by atoms with E-state index >= 15 is 0 Å². The lowest BCUT2D eigenvalue weighted by Gasteiger charge is -2.32. The van der Waals surface area contributed by atoms with Crippen molar-refractivity contribution in [3.05, 3.63) is 12.4 Å². The fraction of sp³-hybridized carbons (Fsp3) is 0.714. The van der Waals surface area contributed by atoms with Gasteiger partial charge in [-0.1, -0.05) is 0 Å². The van der Waals surface area contributed by atoms with Gasteiger partial charge in [0.2, 0.25) is 0 Å². The van der Waals surface area contributed by atoms with E-state index in [2.05, 4.69) is 5.10 Å². The summed E-state index contributed by atoms with van der Waals surface area (Å²) in [6, 6.07) is 0. The Hall–Kier alpha value is -1.56. The highest BCUT2D eigenvalue weighted by Gasteiger charge is 2.29. The minimum Gasteiger partial charge on any atom is -0.396 e. The number of hydrogen-bond acceptors (Lipinski definition) is 5. The molecule has 0 bridgehead atoms. The third-order valence-corrected chi connectivity index (χ3v) is 3.40. The van der Waals surface area contributed by atoms with Gasteiger partial charge in [-0.15, -0.1) is 5.06 Å². The summed E-state index contributed by atoms with van der Waals surface area (Å²) in [6.07, 6.45) is 5.63. The Morgan fingerprint density at radius 2 is 2.30 bits per heavy atom. The second-order valence-electron chi connectivity index (χ2n) is 6.52. The molecule has 0 aliphatic carbocycles. The fourth-order valence-electron chi connectivity index (χ4n) is 2.26. The van der Waals surface area contributed by atoms with E-state index in [1.54, 1.807) is 11.3 Å². The summed E-state index contributed by atoms with van der Waals surface area (Å²) in [6.45, 7) is 7.96. The van der Waals surface area contributed by atoms with Crippen molar-refractivity contribution in [3.63, 3.8) is 0 Å². The minimum atomic E-state index is -0.469.